The smallest absolute Gasteiger partial charge is 0.239 e. The number of primary amides is 1. The summed E-state index contributed by atoms with van der Waals surface area (Å²) < 4.78 is 0. The first-order chi connectivity index (χ1) is 10.2. The summed E-state index contributed by atoms with van der Waals surface area (Å²) in [5, 5.41) is 0.649. The number of carbonyl (C=O) groups is 1. The first kappa shape index (κ1) is 17.4. The summed E-state index contributed by atoms with van der Waals surface area (Å²) in [6.07, 6.45) is 4.23. The van der Waals surface area contributed by atoms with Gasteiger partial charge in [-0.15, -0.1) is 0 Å². The van der Waals surface area contributed by atoms with E-state index in [1.165, 1.54) is 0 Å². The van der Waals surface area contributed by atoms with E-state index in [0.29, 0.717) is 15.7 Å². The molecular formula is C16H23Cl2N3O. The Bertz CT molecular complexity index is 552. The molecule has 0 aromatic carbocycles. The van der Waals surface area contributed by atoms with E-state index in [1.807, 2.05) is 17.9 Å². The molecule has 0 saturated heterocycles. The number of rotatable bonds is 4. The summed E-state index contributed by atoms with van der Waals surface area (Å²) in [7, 11) is 0. The third kappa shape index (κ3) is 3.85. The predicted molar refractivity (Wildman–Crippen MR) is 91.4 cm³/mol. The zero-order valence-electron chi connectivity index (χ0n) is 13.3. The molecule has 22 heavy (non-hydrogen) atoms. The quantitative estimate of drug-likeness (QED) is 0.839. The Morgan fingerprint density at radius 2 is 1.95 bits per heavy atom. The number of halogens is 2. The minimum atomic E-state index is -0.438. The molecule has 2 rings (SSSR count). The third-order valence-corrected chi connectivity index (χ3v) is 5.09. The molecule has 0 spiro atoms. The molecular weight excluding hydrogens is 321 g/mol. The van der Waals surface area contributed by atoms with Gasteiger partial charge in [0.05, 0.1) is 5.69 Å². The van der Waals surface area contributed by atoms with Crippen LogP contribution >= 0.6 is 23.2 Å². The number of nitrogens with two attached hydrogens (primary N) is 1. The Morgan fingerprint density at radius 1 is 1.36 bits per heavy atom. The van der Waals surface area contributed by atoms with Gasteiger partial charge < -0.3 is 10.6 Å². The fourth-order valence-electron chi connectivity index (χ4n) is 3.12. The van der Waals surface area contributed by atoms with Gasteiger partial charge in [-0.3, -0.25) is 4.79 Å². The normalized spacial score (nSPS) is 19.7. The number of anilines is 1. The largest absolute Gasteiger partial charge is 0.368 e. The topological polar surface area (TPSA) is 59.2 Å². The summed E-state index contributed by atoms with van der Waals surface area (Å²) in [5.41, 5.74) is 6.62. The van der Waals surface area contributed by atoms with Crippen LogP contribution < -0.4 is 10.6 Å². The number of hydrogen-bond acceptors (Lipinski definition) is 3. The maximum atomic E-state index is 11.8. The van der Waals surface area contributed by atoms with Gasteiger partial charge in [-0.1, -0.05) is 37.0 Å². The summed E-state index contributed by atoms with van der Waals surface area (Å²) in [6, 6.07) is 3.30. The van der Waals surface area contributed by atoms with Crippen LogP contribution in [0.1, 0.15) is 46.5 Å². The van der Waals surface area contributed by atoms with Gasteiger partial charge in [-0.25, -0.2) is 4.98 Å². The van der Waals surface area contributed by atoms with Crippen LogP contribution in [0.15, 0.2) is 12.1 Å². The third-order valence-electron chi connectivity index (χ3n) is 4.60. The highest BCUT2D eigenvalue weighted by molar-refractivity contribution is 6.34. The lowest BCUT2D eigenvalue weighted by atomic mass is 9.75. The van der Waals surface area contributed by atoms with E-state index in [9.17, 15) is 4.79 Å². The molecule has 1 fully saturated rings. The average Bonchev–Trinajstić information content (AvgIpc) is 2.42. The summed E-state index contributed by atoms with van der Waals surface area (Å²) >= 11 is 12.1. The Labute approximate surface area is 142 Å². The van der Waals surface area contributed by atoms with Gasteiger partial charge in [-0.2, -0.15) is 0 Å². The summed E-state index contributed by atoms with van der Waals surface area (Å²) in [4.78, 5) is 17.9. The number of nitrogens with zero attached hydrogens (tertiary/aromatic N) is 2. The van der Waals surface area contributed by atoms with Crippen molar-refractivity contribution in [3.05, 3.63) is 22.4 Å². The van der Waals surface area contributed by atoms with Crippen LogP contribution in [0.25, 0.3) is 0 Å². The van der Waals surface area contributed by atoms with E-state index in [0.717, 1.165) is 31.4 Å². The molecule has 2 N–H and O–H groups in total. The Hall–Kier alpha value is -1.00. The molecule has 0 unspecified atom stereocenters. The Balaban J connectivity index is 2.33. The number of hydrogen-bond donors (Lipinski definition) is 1. The van der Waals surface area contributed by atoms with Crippen molar-refractivity contribution in [1.29, 1.82) is 0 Å². The van der Waals surface area contributed by atoms with Gasteiger partial charge in [-0.05, 0) is 50.2 Å². The highest BCUT2D eigenvalue weighted by Gasteiger charge is 2.34. The zero-order valence-corrected chi connectivity index (χ0v) is 14.8. The lowest BCUT2D eigenvalue weighted by molar-refractivity contribution is -0.119. The minimum absolute atomic E-state index is 0.232. The molecule has 1 atom stereocenters. The van der Waals surface area contributed by atoms with Gasteiger partial charge >= 0.3 is 0 Å². The molecule has 1 heterocycles. The lowest BCUT2D eigenvalue weighted by Crippen LogP contribution is -2.50. The first-order valence-corrected chi connectivity index (χ1v) is 8.36. The van der Waals surface area contributed by atoms with Crippen molar-refractivity contribution in [2.75, 3.05) is 4.90 Å². The van der Waals surface area contributed by atoms with E-state index in [-0.39, 0.29) is 11.9 Å². The monoisotopic (exact) mass is 343 g/mol. The lowest BCUT2D eigenvalue weighted by Gasteiger charge is -2.43. The number of carbonyl (C=O) groups excluding carboxylic acids is 1. The van der Waals surface area contributed by atoms with Crippen LogP contribution in [0, 0.1) is 5.41 Å². The fraction of sp³-hybridized carbons (Fsp3) is 0.625. The number of pyridine rings is 1. The standard InChI is InChI=1S/C16H23Cl2N3O/c1-10(15(19)22)21(11-6-8-16(2,3)9-7-11)12-4-5-13(17)20-14(12)18/h4-5,10-11H,6-9H2,1-3H3,(H2,19,22)/t10-/m1/s1. The average molecular weight is 344 g/mol. The highest BCUT2D eigenvalue weighted by Crippen LogP contribution is 2.40. The van der Waals surface area contributed by atoms with Crippen molar-refractivity contribution in [2.45, 2.75) is 58.5 Å². The summed E-state index contributed by atoms with van der Waals surface area (Å²) in [5.74, 6) is -0.365. The minimum Gasteiger partial charge on any atom is -0.368 e. The van der Waals surface area contributed by atoms with Crippen LogP contribution in [0.5, 0.6) is 0 Å². The van der Waals surface area contributed by atoms with Crippen LogP contribution in [0.2, 0.25) is 10.3 Å². The highest BCUT2D eigenvalue weighted by atomic mass is 35.5. The second-order valence-electron chi connectivity index (χ2n) is 6.82. The van der Waals surface area contributed by atoms with Crippen LogP contribution in [0.4, 0.5) is 5.69 Å². The van der Waals surface area contributed by atoms with Crippen molar-refractivity contribution in [3.63, 3.8) is 0 Å². The molecule has 1 aliphatic carbocycles. The molecule has 1 aliphatic rings. The van der Waals surface area contributed by atoms with E-state index in [1.54, 1.807) is 6.07 Å². The SMILES string of the molecule is C[C@H](C(N)=O)N(c1ccc(Cl)nc1Cl)C1CCC(C)(C)CC1. The molecule has 6 heteroatoms. The molecule has 0 radical (unpaired) electrons. The maximum Gasteiger partial charge on any atom is 0.239 e. The van der Waals surface area contributed by atoms with Crippen molar-refractivity contribution in [3.8, 4) is 0 Å². The molecule has 0 bridgehead atoms. The van der Waals surface area contributed by atoms with Crippen LogP contribution in [-0.4, -0.2) is 23.0 Å². The van der Waals surface area contributed by atoms with Gasteiger partial charge in [0.2, 0.25) is 5.91 Å². The molecule has 1 saturated carbocycles. The van der Waals surface area contributed by atoms with Crippen molar-refractivity contribution >= 4 is 34.8 Å². The van der Waals surface area contributed by atoms with E-state index >= 15 is 0 Å². The van der Waals surface area contributed by atoms with Crippen LogP contribution in [-0.2, 0) is 4.79 Å². The summed E-state index contributed by atoms with van der Waals surface area (Å²) in [6.45, 7) is 6.37. The van der Waals surface area contributed by atoms with Gasteiger partial charge in [0.1, 0.15) is 11.2 Å². The van der Waals surface area contributed by atoms with E-state index < -0.39 is 6.04 Å². The van der Waals surface area contributed by atoms with Crippen LogP contribution in [0.3, 0.4) is 0 Å². The zero-order chi connectivity index (χ0) is 16.5. The van der Waals surface area contributed by atoms with E-state index in [2.05, 4.69) is 18.8 Å². The van der Waals surface area contributed by atoms with Crippen molar-refractivity contribution in [2.24, 2.45) is 11.1 Å². The van der Waals surface area contributed by atoms with Gasteiger partial charge in [0, 0.05) is 6.04 Å². The van der Waals surface area contributed by atoms with Crippen molar-refractivity contribution < 1.29 is 4.79 Å². The Kier molecular flexibility index (Phi) is 5.23. The van der Waals surface area contributed by atoms with Crippen molar-refractivity contribution in [1.82, 2.24) is 4.98 Å². The first-order valence-electron chi connectivity index (χ1n) is 7.61. The van der Waals surface area contributed by atoms with Gasteiger partial charge in [0.25, 0.3) is 0 Å². The molecule has 1 amide bonds. The number of aromatic nitrogens is 1. The molecule has 122 valence electrons. The van der Waals surface area contributed by atoms with E-state index in [4.69, 9.17) is 28.9 Å². The second kappa shape index (κ2) is 6.63. The number of amides is 1. The van der Waals surface area contributed by atoms with Gasteiger partial charge in [0.15, 0.2) is 5.15 Å². The fourth-order valence-corrected chi connectivity index (χ4v) is 3.56. The molecule has 4 nitrogen and oxygen atoms in total. The predicted octanol–water partition coefficient (Wildman–Crippen LogP) is 4.04. The second-order valence-corrected chi connectivity index (χ2v) is 7.57. The molecule has 1 aromatic heterocycles. The molecule has 0 aliphatic heterocycles. The maximum absolute atomic E-state index is 11.8. The Morgan fingerprint density at radius 3 is 2.45 bits per heavy atom. The molecule has 1 aromatic rings.